The number of aromatic nitrogens is 3. The molecular formula is C16H25N7O8S3. The summed E-state index contributed by atoms with van der Waals surface area (Å²) in [4.78, 5) is 12.0. The van der Waals surface area contributed by atoms with Crippen LogP contribution in [0.25, 0.3) is 0 Å². The van der Waals surface area contributed by atoms with E-state index in [4.69, 9.17) is 11.0 Å². The first-order valence-electron chi connectivity index (χ1n) is 9.71. The van der Waals surface area contributed by atoms with Crippen molar-refractivity contribution in [3.8, 4) is 0 Å². The van der Waals surface area contributed by atoms with Crippen LogP contribution in [0, 0.1) is 0 Å². The largest absolute Gasteiger partial charge is 0.368 e. The normalized spacial score (nSPS) is 12.0. The van der Waals surface area contributed by atoms with Crippen molar-refractivity contribution in [1.82, 2.24) is 19.7 Å². The molecule has 0 fully saturated rings. The van der Waals surface area contributed by atoms with Crippen LogP contribution in [-0.2, 0) is 29.5 Å². The van der Waals surface area contributed by atoms with Crippen molar-refractivity contribution in [2.24, 2.45) is 0 Å². The summed E-state index contributed by atoms with van der Waals surface area (Å²) in [7, 11) is -7.67. The van der Waals surface area contributed by atoms with E-state index in [1.54, 1.807) is 0 Å². The third kappa shape index (κ3) is 10.3. The van der Waals surface area contributed by atoms with Gasteiger partial charge >= 0.3 is 0 Å². The molecule has 0 spiro atoms. The van der Waals surface area contributed by atoms with Crippen LogP contribution in [0.2, 0.25) is 0 Å². The van der Waals surface area contributed by atoms with E-state index >= 15 is 0 Å². The summed E-state index contributed by atoms with van der Waals surface area (Å²) in [6, 6.07) is 3.52. The molecule has 7 N–H and O–H groups in total. The van der Waals surface area contributed by atoms with Gasteiger partial charge in [-0.15, -0.1) is 4.33 Å². The first-order chi connectivity index (χ1) is 16.0. The number of nitrogen functional groups attached to an aromatic ring is 1. The number of nitrogens with one attached hydrogen (secondary N) is 3. The summed E-state index contributed by atoms with van der Waals surface area (Å²) < 4.78 is 61.1. The predicted octanol–water partition coefficient (Wildman–Crippen LogP) is 1.39. The van der Waals surface area contributed by atoms with E-state index in [0.29, 0.717) is 31.6 Å². The minimum absolute atomic E-state index is 0.0268. The molecule has 190 valence electrons. The number of nitrogens with two attached hydrogens (primary N) is 1. The monoisotopic (exact) mass is 539 g/mol. The molecule has 2 aromatic rings. The van der Waals surface area contributed by atoms with Crippen molar-refractivity contribution in [1.29, 1.82) is 0 Å². The number of hydrogen-bond donors (Lipinski definition) is 6. The second kappa shape index (κ2) is 13.0. The van der Waals surface area contributed by atoms with Crippen LogP contribution in [0.1, 0.15) is 25.7 Å². The average molecular weight is 540 g/mol. The molecule has 1 heterocycles. The van der Waals surface area contributed by atoms with E-state index in [0.717, 1.165) is 37.7 Å². The van der Waals surface area contributed by atoms with Crippen LogP contribution < -0.4 is 21.1 Å². The lowest BCUT2D eigenvalue weighted by molar-refractivity contribution is -0.432. The molecule has 0 saturated heterocycles. The summed E-state index contributed by atoms with van der Waals surface area (Å²) in [6.07, 6.45) is 4.28. The van der Waals surface area contributed by atoms with Crippen molar-refractivity contribution in [2.45, 2.75) is 35.5 Å². The third-order valence-electron chi connectivity index (χ3n) is 4.05. The molecule has 1 aromatic carbocycles. The molecule has 0 aliphatic carbocycles. The Bertz CT molecular complexity index is 1170. The number of unbranched alkanes of at least 4 members (excludes halogenated alkanes) is 3. The average Bonchev–Trinajstić information content (AvgIpc) is 2.73. The van der Waals surface area contributed by atoms with Gasteiger partial charge in [0.2, 0.25) is 27.9 Å². The van der Waals surface area contributed by atoms with E-state index in [-0.39, 0.29) is 28.4 Å². The summed E-state index contributed by atoms with van der Waals surface area (Å²) in [5.74, 6) is 0.0341. The van der Waals surface area contributed by atoms with E-state index in [1.165, 1.54) is 6.07 Å². The zero-order chi connectivity index (χ0) is 25.2. The summed E-state index contributed by atoms with van der Waals surface area (Å²) in [5.41, 5.74) is 5.84. The zero-order valence-electron chi connectivity index (χ0n) is 18.0. The number of benzene rings is 1. The fraction of sp³-hybridized carbons (Fsp3) is 0.438. The lowest BCUT2D eigenvalue weighted by Gasteiger charge is -2.12. The fourth-order valence-corrected chi connectivity index (χ4v) is 4.05. The van der Waals surface area contributed by atoms with Crippen molar-refractivity contribution < 1.29 is 36.0 Å². The maximum Gasteiger partial charge on any atom is 0.294 e. The number of sulfonamides is 1. The van der Waals surface area contributed by atoms with Crippen LogP contribution in [-0.4, -0.2) is 60.9 Å². The maximum absolute atomic E-state index is 11.5. The Kier molecular flexibility index (Phi) is 10.6. The highest BCUT2D eigenvalue weighted by molar-refractivity contribution is 7.94. The van der Waals surface area contributed by atoms with Gasteiger partial charge in [0.25, 0.3) is 10.1 Å². The molecule has 0 radical (unpaired) electrons. The number of nitrogens with zero attached hydrogens (tertiary/aromatic N) is 3. The van der Waals surface area contributed by atoms with Crippen molar-refractivity contribution in [3.05, 3.63) is 18.2 Å². The van der Waals surface area contributed by atoms with E-state index in [2.05, 4.69) is 39.7 Å². The second-order valence-corrected chi connectivity index (χ2v) is 10.8. The Morgan fingerprint density at radius 3 is 2.35 bits per heavy atom. The molecule has 0 amide bonds. The van der Waals surface area contributed by atoms with Crippen LogP contribution in [0.15, 0.2) is 28.0 Å². The third-order valence-corrected chi connectivity index (χ3v) is 6.30. The molecule has 1 aromatic heterocycles. The molecule has 15 nitrogen and oxygen atoms in total. The lowest BCUT2D eigenvalue weighted by atomic mass is 10.2. The van der Waals surface area contributed by atoms with Gasteiger partial charge in [-0.05, 0) is 31.0 Å². The Balaban J connectivity index is 1.99. The molecular weight excluding hydrogens is 514 g/mol. The Labute approximate surface area is 200 Å². The SMILES string of the molecule is CS(=O)(=O)NCCCCCCNc1nc(N)nc(Nc2cc(S(=O)(=O)O)ccc2SOOO)n1. The molecule has 0 saturated carbocycles. The Hall–Kier alpha value is -2.32. The zero-order valence-corrected chi connectivity index (χ0v) is 20.4. The predicted molar refractivity (Wildman–Crippen MR) is 124 cm³/mol. The van der Waals surface area contributed by atoms with Crippen molar-refractivity contribution in [3.63, 3.8) is 0 Å². The highest BCUT2D eigenvalue weighted by Gasteiger charge is 2.16. The molecule has 0 aliphatic heterocycles. The summed E-state index contributed by atoms with van der Waals surface area (Å²) in [5, 5.41) is 17.7. The lowest BCUT2D eigenvalue weighted by Crippen LogP contribution is -2.22. The quantitative estimate of drug-likeness (QED) is 0.0617. The van der Waals surface area contributed by atoms with Gasteiger partial charge in [-0.1, -0.05) is 17.9 Å². The molecule has 34 heavy (non-hydrogen) atoms. The minimum Gasteiger partial charge on any atom is -0.368 e. The van der Waals surface area contributed by atoms with Crippen LogP contribution in [0.5, 0.6) is 0 Å². The van der Waals surface area contributed by atoms with Gasteiger partial charge in [0.1, 0.15) is 0 Å². The highest BCUT2D eigenvalue weighted by Crippen LogP contribution is 2.32. The molecule has 0 unspecified atom stereocenters. The highest BCUT2D eigenvalue weighted by atomic mass is 32.2. The maximum atomic E-state index is 11.5. The topological polar surface area (TPSA) is 228 Å². The van der Waals surface area contributed by atoms with E-state index in [9.17, 15) is 21.4 Å². The fourth-order valence-electron chi connectivity index (χ4n) is 2.60. The standard InChI is InChI=1S/C16H25N7O8S3/c1-33(25,26)19-9-5-3-2-4-8-18-15-21-14(17)22-16(23-15)20-12-10-11(34(27,28)29)6-7-13(12)32-31-30-24/h6-7,10,19,24H,2-5,8-9H2,1H3,(H,27,28,29)(H4,17,18,20,21,22,23). The van der Waals surface area contributed by atoms with Gasteiger partial charge in [-0.2, -0.15) is 23.4 Å². The Morgan fingerprint density at radius 1 is 1.03 bits per heavy atom. The summed E-state index contributed by atoms with van der Waals surface area (Å²) >= 11 is 0.553. The van der Waals surface area contributed by atoms with Gasteiger partial charge < -0.3 is 16.4 Å². The van der Waals surface area contributed by atoms with Gasteiger partial charge in [-0.25, -0.2) is 18.4 Å². The van der Waals surface area contributed by atoms with Crippen molar-refractivity contribution in [2.75, 3.05) is 35.7 Å². The molecule has 18 heteroatoms. The summed E-state index contributed by atoms with van der Waals surface area (Å²) in [6.45, 7) is 0.906. The molecule has 0 atom stereocenters. The van der Waals surface area contributed by atoms with Crippen LogP contribution in [0.3, 0.4) is 0 Å². The molecule has 0 bridgehead atoms. The van der Waals surface area contributed by atoms with E-state index in [1.807, 2.05) is 0 Å². The van der Waals surface area contributed by atoms with Gasteiger partial charge in [0, 0.05) is 13.1 Å². The van der Waals surface area contributed by atoms with Crippen LogP contribution in [0.4, 0.5) is 23.5 Å². The minimum atomic E-state index is -4.50. The van der Waals surface area contributed by atoms with Crippen LogP contribution >= 0.6 is 12.0 Å². The second-order valence-electron chi connectivity index (χ2n) is 6.83. The van der Waals surface area contributed by atoms with Gasteiger partial charge in [-0.3, -0.25) is 4.55 Å². The smallest absolute Gasteiger partial charge is 0.294 e. The number of anilines is 4. The van der Waals surface area contributed by atoms with Gasteiger partial charge in [0.05, 0.1) is 33.8 Å². The molecule has 2 rings (SSSR count). The van der Waals surface area contributed by atoms with E-state index < -0.39 is 25.0 Å². The number of rotatable bonds is 15. The first-order valence-corrected chi connectivity index (χ1v) is 13.8. The van der Waals surface area contributed by atoms with Gasteiger partial charge in [0.15, 0.2) is 0 Å². The Morgan fingerprint density at radius 2 is 1.71 bits per heavy atom. The first kappa shape index (κ1) is 27.9. The number of hydrogen-bond acceptors (Lipinski definition) is 14. The van der Waals surface area contributed by atoms with Crippen molar-refractivity contribution >= 4 is 55.7 Å². The molecule has 0 aliphatic rings.